The Morgan fingerprint density at radius 1 is 1.07 bits per heavy atom. The summed E-state index contributed by atoms with van der Waals surface area (Å²) < 4.78 is 0. The van der Waals surface area contributed by atoms with Crippen LogP contribution in [0.3, 0.4) is 0 Å². The molecule has 2 heterocycles. The van der Waals surface area contributed by atoms with Crippen molar-refractivity contribution in [2.75, 3.05) is 0 Å². The van der Waals surface area contributed by atoms with Crippen molar-refractivity contribution in [3.05, 3.63) is 69.1 Å². The monoisotopic (exact) mass is 406 g/mol. The molecule has 1 aromatic carbocycles. The molecule has 1 amide bonds. The van der Waals surface area contributed by atoms with Crippen molar-refractivity contribution < 1.29 is 4.79 Å². The topological polar surface area (TPSA) is 62.0 Å². The Morgan fingerprint density at radius 3 is 2.52 bits per heavy atom. The molecular weight excluding hydrogens is 380 g/mol. The summed E-state index contributed by atoms with van der Waals surface area (Å²) in [5, 5.41) is 3.80. The Balaban J connectivity index is 1.52. The number of H-pyrrole nitrogens is 1. The summed E-state index contributed by atoms with van der Waals surface area (Å²) in [5.74, 6) is 0.519. The Bertz CT molecular complexity index is 1050. The molecule has 0 radical (unpaired) electrons. The fourth-order valence-corrected chi connectivity index (χ4v) is 5.10. The van der Waals surface area contributed by atoms with Crippen LogP contribution < -0.4 is 10.9 Å². The number of aromatic amines is 1. The van der Waals surface area contributed by atoms with Crippen LogP contribution in [0.2, 0.25) is 0 Å². The normalized spacial score (nSPS) is 22.0. The molecule has 1 atom stereocenters. The maximum absolute atomic E-state index is 12.6. The van der Waals surface area contributed by atoms with E-state index in [1.54, 1.807) is 0 Å². The zero-order valence-corrected chi connectivity index (χ0v) is 17.5. The number of rotatable bonds is 6. The first-order chi connectivity index (χ1) is 14.1. The van der Waals surface area contributed by atoms with Gasteiger partial charge in [-0.3, -0.25) is 9.59 Å². The highest BCUT2D eigenvalue weighted by atomic mass is 32.2. The molecule has 0 spiro atoms. The van der Waals surface area contributed by atoms with Gasteiger partial charge in [-0.05, 0) is 68.2 Å². The molecule has 4 nitrogen and oxygen atoms in total. The third-order valence-electron chi connectivity index (χ3n) is 5.95. The van der Waals surface area contributed by atoms with Crippen molar-refractivity contribution >= 4 is 23.2 Å². The second-order valence-electron chi connectivity index (χ2n) is 8.52. The van der Waals surface area contributed by atoms with Crippen LogP contribution in [0.4, 0.5) is 0 Å². The maximum Gasteiger partial charge on any atom is 0.251 e. The molecule has 1 aliphatic heterocycles. The standard InChI is InChI=1S/C24H26N2O2S/c1-14-12-16(4-10-22(14)29-18-6-7-18)20(13-17-5-11-23(27)25-17)21-9-8-19(15-2-3-15)24(28)26-21/h4,8-10,12-13,15,17-18H,2-3,5-7,11H2,1H3,(H,25,27)(H,26,28)/b20-13+/t17-/m1/s1. The molecule has 2 saturated carbocycles. The minimum atomic E-state index is 0.00457. The molecule has 5 heteroatoms. The minimum Gasteiger partial charge on any atom is -0.350 e. The number of pyridine rings is 1. The van der Waals surface area contributed by atoms with E-state index in [0.29, 0.717) is 12.3 Å². The van der Waals surface area contributed by atoms with E-state index >= 15 is 0 Å². The van der Waals surface area contributed by atoms with Crippen LogP contribution in [0.15, 0.2) is 46.1 Å². The second kappa shape index (κ2) is 7.52. The molecule has 3 aliphatic rings. The van der Waals surface area contributed by atoms with E-state index in [-0.39, 0.29) is 17.5 Å². The number of nitrogens with one attached hydrogen (secondary N) is 2. The summed E-state index contributed by atoms with van der Waals surface area (Å²) in [6.45, 7) is 2.15. The van der Waals surface area contributed by atoms with Gasteiger partial charge in [0.2, 0.25) is 5.91 Å². The van der Waals surface area contributed by atoms with Gasteiger partial charge in [-0.1, -0.05) is 24.3 Å². The number of thioether (sulfide) groups is 1. The van der Waals surface area contributed by atoms with E-state index in [2.05, 4.69) is 41.5 Å². The van der Waals surface area contributed by atoms with Crippen molar-refractivity contribution in [2.45, 2.75) is 67.6 Å². The van der Waals surface area contributed by atoms with Crippen molar-refractivity contribution in [1.82, 2.24) is 10.3 Å². The van der Waals surface area contributed by atoms with E-state index in [4.69, 9.17) is 0 Å². The Hall–Kier alpha value is -2.27. The molecule has 1 aromatic heterocycles. The number of aromatic nitrogens is 1. The first kappa shape index (κ1) is 18.7. The lowest BCUT2D eigenvalue weighted by Crippen LogP contribution is -2.23. The number of hydrogen-bond donors (Lipinski definition) is 2. The van der Waals surface area contributed by atoms with Crippen molar-refractivity contribution in [1.29, 1.82) is 0 Å². The van der Waals surface area contributed by atoms with Crippen LogP contribution in [0.5, 0.6) is 0 Å². The number of hydrogen-bond acceptors (Lipinski definition) is 3. The van der Waals surface area contributed by atoms with E-state index in [9.17, 15) is 9.59 Å². The summed E-state index contributed by atoms with van der Waals surface area (Å²) >= 11 is 1.97. The molecule has 0 bridgehead atoms. The Labute approximate surface area is 175 Å². The number of aryl methyl sites for hydroxylation is 1. The highest BCUT2D eigenvalue weighted by molar-refractivity contribution is 8.00. The van der Waals surface area contributed by atoms with Gasteiger partial charge in [0, 0.05) is 39.4 Å². The third-order valence-corrected chi connectivity index (χ3v) is 7.46. The van der Waals surface area contributed by atoms with E-state index < -0.39 is 0 Å². The van der Waals surface area contributed by atoms with Gasteiger partial charge in [-0.25, -0.2) is 0 Å². The largest absolute Gasteiger partial charge is 0.350 e. The summed E-state index contributed by atoms with van der Waals surface area (Å²) in [4.78, 5) is 28.8. The molecule has 2 aliphatic carbocycles. The molecule has 29 heavy (non-hydrogen) atoms. The lowest BCUT2D eigenvalue weighted by Gasteiger charge is -2.15. The zero-order valence-electron chi connectivity index (χ0n) is 16.7. The molecule has 2 N–H and O–H groups in total. The van der Waals surface area contributed by atoms with Gasteiger partial charge < -0.3 is 10.3 Å². The number of amides is 1. The molecular formula is C24H26N2O2S. The molecule has 3 fully saturated rings. The SMILES string of the molecule is Cc1cc(/C(=C\[C@H]2CCC(=O)N2)c2ccc(C3CC3)c(=O)[nH]2)ccc1SC1CC1. The van der Waals surface area contributed by atoms with Gasteiger partial charge in [-0.2, -0.15) is 0 Å². The minimum absolute atomic E-state index is 0.00457. The van der Waals surface area contributed by atoms with E-state index in [1.165, 1.54) is 23.3 Å². The van der Waals surface area contributed by atoms with Gasteiger partial charge >= 0.3 is 0 Å². The third kappa shape index (κ3) is 4.20. The fourth-order valence-electron chi connectivity index (χ4n) is 3.98. The van der Waals surface area contributed by atoms with Crippen LogP contribution in [0.1, 0.15) is 66.8 Å². The van der Waals surface area contributed by atoms with E-state index in [1.807, 2.05) is 23.9 Å². The summed E-state index contributed by atoms with van der Waals surface area (Å²) in [6, 6.07) is 10.6. The lowest BCUT2D eigenvalue weighted by atomic mass is 9.97. The van der Waals surface area contributed by atoms with Gasteiger partial charge in [0.05, 0.1) is 0 Å². The summed E-state index contributed by atoms with van der Waals surface area (Å²) in [5.41, 5.74) is 5.07. The first-order valence-electron chi connectivity index (χ1n) is 10.6. The van der Waals surface area contributed by atoms with Crippen LogP contribution in [-0.2, 0) is 4.79 Å². The molecule has 150 valence electrons. The Morgan fingerprint density at radius 2 is 1.90 bits per heavy atom. The average Bonchev–Trinajstić information content (AvgIpc) is 3.62. The predicted octanol–water partition coefficient (Wildman–Crippen LogP) is 4.53. The zero-order chi connectivity index (χ0) is 20.0. The molecule has 0 unspecified atom stereocenters. The number of carbonyl (C=O) groups is 1. The smallest absolute Gasteiger partial charge is 0.251 e. The number of benzene rings is 1. The predicted molar refractivity (Wildman–Crippen MR) is 117 cm³/mol. The summed E-state index contributed by atoms with van der Waals surface area (Å²) in [7, 11) is 0. The average molecular weight is 407 g/mol. The molecule has 5 rings (SSSR count). The van der Waals surface area contributed by atoms with Crippen molar-refractivity contribution in [3.63, 3.8) is 0 Å². The van der Waals surface area contributed by atoms with E-state index in [0.717, 1.165) is 46.9 Å². The summed E-state index contributed by atoms with van der Waals surface area (Å²) in [6.07, 6.45) is 8.30. The maximum atomic E-state index is 12.6. The van der Waals surface area contributed by atoms with Crippen LogP contribution >= 0.6 is 11.8 Å². The van der Waals surface area contributed by atoms with Crippen molar-refractivity contribution in [2.24, 2.45) is 0 Å². The first-order valence-corrected chi connectivity index (χ1v) is 11.5. The van der Waals surface area contributed by atoms with Crippen LogP contribution in [0.25, 0.3) is 5.57 Å². The lowest BCUT2D eigenvalue weighted by molar-refractivity contribution is -0.119. The highest BCUT2D eigenvalue weighted by Crippen LogP contribution is 2.41. The van der Waals surface area contributed by atoms with Crippen LogP contribution in [0, 0.1) is 6.92 Å². The molecule has 1 saturated heterocycles. The quantitative estimate of drug-likeness (QED) is 0.741. The van der Waals surface area contributed by atoms with Gasteiger partial charge in [0.15, 0.2) is 0 Å². The highest BCUT2D eigenvalue weighted by Gasteiger charge is 2.27. The van der Waals surface area contributed by atoms with Crippen molar-refractivity contribution in [3.8, 4) is 0 Å². The second-order valence-corrected chi connectivity index (χ2v) is 9.86. The van der Waals surface area contributed by atoms with Gasteiger partial charge in [0.25, 0.3) is 5.56 Å². The fraction of sp³-hybridized carbons (Fsp3) is 0.417. The Kier molecular flexibility index (Phi) is 4.86. The van der Waals surface area contributed by atoms with Gasteiger partial charge in [0.1, 0.15) is 0 Å². The number of carbonyl (C=O) groups excluding carboxylic acids is 1. The van der Waals surface area contributed by atoms with Crippen LogP contribution in [-0.4, -0.2) is 22.2 Å². The molecule has 2 aromatic rings. The van der Waals surface area contributed by atoms with Gasteiger partial charge in [-0.15, -0.1) is 11.8 Å².